The van der Waals surface area contributed by atoms with Crippen molar-refractivity contribution in [3.63, 3.8) is 0 Å². The topological polar surface area (TPSA) is 66.0 Å². The van der Waals surface area contributed by atoms with Crippen LogP contribution in [0.3, 0.4) is 0 Å². The highest BCUT2D eigenvalue weighted by Crippen LogP contribution is 2.24. The average Bonchev–Trinajstić information content (AvgIpc) is 2.80. The maximum Gasteiger partial charge on any atom is 0.222 e. The Kier molecular flexibility index (Phi) is 2.89. The van der Waals surface area contributed by atoms with Gasteiger partial charge in [-0.2, -0.15) is 4.98 Å². The molecule has 0 amide bonds. The smallest absolute Gasteiger partial charge is 0.222 e. The summed E-state index contributed by atoms with van der Waals surface area (Å²) in [4.78, 5) is 8.24. The lowest BCUT2D eigenvalue weighted by molar-refractivity contribution is 0.459. The number of rotatable bonds is 3. The Bertz CT molecular complexity index is 720. The minimum Gasteiger partial charge on any atom is -0.439 e. The molecular weight excluding hydrogens is 240 g/mol. The molecule has 0 aliphatic heterocycles. The first-order valence-corrected chi connectivity index (χ1v) is 6.01. The zero-order valence-corrected chi connectivity index (χ0v) is 10.6. The van der Waals surface area contributed by atoms with Crippen molar-refractivity contribution in [2.75, 3.05) is 0 Å². The summed E-state index contributed by atoms with van der Waals surface area (Å²) < 4.78 is 7.79. The van der Waals surface area contributed by atoms with E-state index in [0.717, 1.165) is 16.7 Å². The molecule has 0 aliphatic rings. The number of aryl methyl sites for hydroxylation is 1. The third kappa shape index (κ3) is 2.28. The van der Waals surface area contributed by atoms with Gasteiger partial charge in [0.25, 0.3) is 0 Å². The highest BCUT2D eigenvalue weighted by molar-refractivity contribution is 5.81. The van der Waals surface area contributed by atoms with E-state index < -0.39 is 0 Å². The van der Waals surface area contributed by atoms with Crippen molar-refractivity contribution < 1.29 is 4.74 Å². The largest absolute Gasteiger partial charge is 0.439 e. The number of ether oxygens (including phenoxy) is 1. The normalized spacial score (nSPS) is 10.8. The van der Waals surface area contributed by atoms with Crippen LogP contribution in [0.5, 0.6) is 11.6 Å². The minimum absolute atomic E-state index is 0.301. The zero-order valence-electron chi connectivity index (χ0n) is 10.6. The van der Waals surface area contributed by atoms with Gasteiger partial charge in [0.05, 0.1) is 6.54 Å². The van der Waals surface area contributed by atoms with Gasteiger partial charge >= 0.3 is 0 Å². The second-order valence-corrected chi connectivity index (χ2v) is 4.26. The first-order valence-electron chi connectivity index (χ1n) is 6.01. The van der Waals surface area contributed by atoms with Crippen LogP contribution in [0, 0.1) is 0 Å². The highest BCUT2D eigenvalue weighted by Gasteiger charge is 2.03. The Balaban J connectivity index is 1.91. The van der Waals surface area contributed by atoms with Crippen molar-refractivity contribution in [2.24, 2.45) is 12.8 Å². The van der Waals surface area contributed by atoms with Crippen LogP contribution in [-0.4, -0.2) is 14.5 Å². The molecule has 0 saturated heterocycles. The van der Waals surface area contributed by atoms with Crippen LogP contribution in [0.2, 0.25) is 0 Å². The van der Waals surface area contributed by atoms with Gasteiger partial charge in [-0.25, -0.2) is 4.98 Å². The maximum atomic E-state index is 5.72. The molecule has 0 saturated carbocycles. The Morgan fingerprint density at radius 1 is 1.26 bits per heavy atom. The SMILES string of the molecule is Cn1ccc2cc(Oc3ccnc(CN)n3)ccc21. The van der Waals surface area contributed by atoms with Crippen LogP contribution in [0.15, 0.2) is 42.7 Å². The number of hydrogen-bond acceptors (Lipinski definition) is 4. The van der Waals surface area contributed by atoms with Gasteiger partial charge in [-0.05, 0) is 24.3 Å². The predicted molar refractivity (Wildman–Crippen MR) is 72.9 cm³/mol. The van der Waals surface area contributed by atoms with Crippen molar-refractivity contribution >= 4 is 10.9 Å². The number of aromatic nitrogens is 3. The van der Waals surface area contributed by atoms with Gasteiger partial charge in [-0.3, -0.25) is 0 Å². The molecule has 0 atom stereocenters. The molecule has 3 aromatic rings. The number of fused-ring (bicyclic) bond motifs is 1. The Hall–Kier alpha value is -2.40. The maximum absolute atomic E-state index is 5.72. The molecule has 19 heavy (non-hydrogen) atoms. The minimum atomic E-state index is 0.301. The van der Waals surface area contributed by atoms with E-state index in [2.05, 4.69) is 14.5 Å². The van der Waals surface area contributed by atoms with Crippen LogP contribution in [0.4, 0.5) is 0 Å². The average molecular weight is 254 g/mol. The second kappa shape index (κ2) is 4.70. The lowest BCUT2D eigenvalue weighted by Gasteiger charge is -2.06. The van der Waals surface area contributed by atoms with E-state index in [1.54, 1.807) is 12.3 Å². The third-order valence-corrected chi connectivity index (χ3v) is 2.94. The first-order chi connectivity index (χ1) is 9.26. The first kappa shape index (κ1) is 11.7. The molecule has 5 nitrogen and oxygen atoms in total. The van der Waals surface area contributed by atoms with Crippen molar-refractivity contribution in [1.29, 1.82) is 0 Å². The highest BCUT2D eigenvalue weighted by atomic mass is 16.5. The van der Waals surface area contributed by atoms with Crippen molar-refractivity contribution in [3.05, 3.63) is 48.5 Å². The summed E-state index contributed by atoms with van der Waals surface area (Å²) in [5, 5.41) is 1.13. The van der Waals surface area contributed by atoms with Gasteiger partial charge in [0, 0.05) is 36.4 Å². The van der Waals surface area contributed by atoms with E-state index in [1.165, 1.54) is 0 Å². The standard InChI is InChI=1S/C14H14N4O/c1-18-7-5-10-8-11(2-3-12(10)18)19-14-4-6-16-13(9-15)17-14/h2-8H,9,15H2,1H3. The second-order valence-electron chi connectivity index (χ2n) is 4.26. The Labute approximate surface area is 110 Å². The lowest BCUT2D eigenvalue weighted by atomic mass is 10.2. The Morgan fingerprint density at radius 3 is 3.00 bits per heavy atom. The van der Waals surface area contributed by atoms with Crippen LogP contribution in [0.1, 0.15) is 5.82 Å². The van der Waals surface area contributed by atoms with Gasteiger partial charge in [0.1, 0.15) is 11.6 Å². The molecule has 5 heteroatoms. The van der Waals surface area contributed by atoms with Crippen molar-refractivity contribution in [2.45, 2.75) is 6.54 Å². The molecule has 0 unspecified atom stereocenters. The third-order valence-electron chi connectivity index (χ3n) is 2.94. The predicted octanol–water partition coefficient (Wildman–Crippen LogP) is 2.22. The molecule has 96 valence electrons. The molecular formula is C14H14N4O. The van der Waals surface area contributed by atoms with Gasteiger partial charge in [-0.1, -0.05) is 0 Å². The van der Waals surface area contributed by atoms with E-state index in [0.29, 0.717) is 18.2 Å². The van der Waals surface area contributed by atoms with Gasteiger partial charge in [-0.15, -0.1) is 0 Å². The van der Waals surface area contributed by atoms with E-state index in [-0.39, 0.29) is 0 Å². The quantitative estimate of drug-likeness (QED) is 0.778. The van der Waals surface area contributed by atoms with E-state index in [1.807, 2.05) is 37.5 Å². The van der Waals surface area contributed by atoms with Crippen LogP contribution >= 0.6 is 0 Å². The molecule has 2 heterocycles. The Morgan fingerprint density at radius 2 is 2.16 bits per heavy atom. The van der Waals surface area contributed by atoms with Gasteiger partial charge in [0.15, 0.2) is 0 Å². The number of hydrogen-bond donors (Lipinski definition) is 1. The summed E-state index contributed by atoms with van der Waals surface area (Å²) in [6, 6.07) is 9.70. The molecule has 2 aromatic heterocycles. The van der Waals surface area contributed by atoms with Crippen molar-refractivity contribution in [3.8, 4) is 11.6 Å². The number of nitrogens with two attached hydrogens (primary N) is 1. The van der Waals surface area contributed by atoms with E-state index in [4.69, 9.17) is 10.5 Å². The lowest BCUT2D eigenvalue weighted by Crippen LogP contribution is -2.03. The molecule has 2 N–H and O–H groups in total. The van der Waals surface area contributed by atoms with Crippen LogP contribution in [-0.2, 0) is 13.6 Å². The number of benzene rings is 1. The summed E-state index contributed by atoms with van der Waals surface area (Å²) in [5.74, 6) is 1.82. The molecule has 0 aliphatic carbocycles. The van der Waals surface area contributed by atoms with Gasteiger partial charge in [0.2, 0.25) is 5.88 Å². The fourth-order valence-corrected chi connectivity index (χ4v) is 1.98. The van der Waals surface area contributed by atoms with E-state index >= 15 is 0 Å². The summed E-state index contributed by atoms with van der Waals surface area (Å²) in [7, 11) is 2.01. The van der Waals surface area contributed by atoms with Gasteiger partial charge < -0.3 is 15.0 Å². The molecule has 1 aromatic carbocycles. The van der Waals surface area contributed by atoms with E-state index in [9.17, 15) is 0 Å². The summed E-state index contributed by atoms with van der Waals surface area (Å²) in [6.07, 6.45) is 3.66. The monoisotopic (exact) mass is 254 g/mol. The van der Waals surface area contributed by atoms with Crippen LogP contribution < -0.4 is 10.5 Å². The molecule has 0 fully saturated rings. The fraction of sp³-hybridized carbons (Fsp3) is 0.143. The fourth-order valence-electron chi connectivity index (χ4n) is 1.98. The summed E-state index contributed by atoms with van der Waals surface area (Å²) >= 11 is 0. The molecule has 3 rings (SSSR count). The molecule has 0 spiro atoms. The zero-order chi connectivity index (χ0) is 13.2. The summed E-state index contributed by atoms with van der Waals surface area (Å²) in [5.41, 5.74) is 6.67. The molecule has 0 radical (unpaired) electrons. The van der Waals surface area contributed by atoms with Crippen molar-refractivity contribution in [1.82, 2.24) is 14.5 Å². The summed E-state index contributed by atoms with van der Waals surface area (Å²) in [6.45, 7) is 0.301. The molecule has 0 bridgehead atoms. The number of nitrogens with zero attached hydrogens (tertiary/aromatic N) is 3. The van der Waals surface area contributed by atoms with Crippen LogP contribution in [0.25, 0.3) is 10.9 Å².